The van der Waals surface area contributed by atoms with Gasteiger partial charge >= 0.3 is 0 Å². The van der Waals surface area contributed by atoms with Gasteiger partial charge in [-0.05, 0) is 62.2 Å². The van der Waals surface area contributed by atoms with Crippen LogP contribution in [0.25, 0.3) is 27.5 Å². The minimum absolute atomic E-state index is 0.119. The van der Waals surface area contributed by atoms with E-state index in [1.54, 1.807) is 0 Å². The van der Waals surface area contributed by atoms with Crippen LogP contribution in [0.5, 0.6) is 5.75 Å². The first-order chi connectivity index (χ1) is 18.3. The third-order valence-corrected chi connectivity index (χ3v) is 7.85. The van der Waals surface area contributed by atoms with E-state index in [0.717, 1.165) is 33.2 Å². The highest BCUT2D eigenvalue weighted by molar-refractivity contribution is 6.09. The van der Waals surface area contributed by atoms with E-state index in [-0.39, 0.29) is 12.0 Å². The minimum Gasteiger partial charge on any atom is -0.478 e. The minimum atomic E-state index is -0.119. The summed E-state index contributed by atoms with van der Waals surface area (Å²) in [6.07, 6.45) is 4.28. The lowest BCUT2D eigenvalue weighted by atomic mass is 9.85. The van der Waals surface area contributed by atoms with Crippen molar-refractivity contribution >= 4 is 27.5 Å². The van der Waals surface area contributed by atoms with Crippen LogP contribution in [0, 0.1) is 20.8 Å². The monoisotopic (exact) mass is 471 g/mol. The number of hydrogen-bond donors (Lipinski definition) is 0. The third kappa shape index (κ3) is 2.95. The molecule has 36 heavy (non-hydrogen) atoms. The van der Waals surface area contributed by atoms with Crippen LogP contribution in [-0.2, 0) is 0 Å². The lowest BCUT2D eigenvalue weighted by Crippen LogP contribution is -2.37. The zero-order valence-electron chi connectivity index (χ0n) is 23.0. The predicted octanol–water partition coefficient (Wildman–Crippen LogP) is 7.21. The number of hydrogen-bond acceptors (Lipinski definition) is 1. The number of rotatable bonds is 2. The van der Waals surface area contributed by atoms with Crippen molar-refractivity contribution in [2.45, 2.75) is 32.8 Å². The number of aryl methyl sites for hydroxylation is 2. The molecule has 3 nitrogen and oxygen atoms in total. The molecule has 0 saturated carbocycles. The maximum atomic E-state index is 8.71. The molecule has 0 radical (unpaired) electrons. The molecule has 0 amide bonds. The fourth-order valence-corrected chi connectivity index (χ4v) is 6.03. The second kappa shape index (κ2) is 7.69. The Kier molecular flexibility index (Phi) is 4.09. The van der Waals surface area contributed by atoms with Gasteiger partial charge in [-0.1, -0.05) is 54.1 Å². The van der Waals surface area contributed by atoms with Crippen LogP contribution in [0.2, 0.25) is 0 Å². The maximum absolute atomic E-state index is 8.71. The lowest BCUT2D eigenvalue weighted by molar-refractivity contribution is -0.427. The molecule has 2 aliphatic rings. The van der Waals surface area contributed by atoms with E-state index in [2.05, 4.69) is 79.6 Å². The molecule has 2 unspecified atom stereocenters. The summed E-state index contributed by atoms with van der Waals surface area (Å²) in [5, 5.41) is 1.98. The van der Waals surface area contributed by atoms with E-state index in [4.69, 9.17) is 7.48 Å². The van der Waals surface area contributed by atoms with E-state index in [1.807, 2.05) is 36.4 Å². The Labute approximate surface area is 214 Å². The second-order valence-electron chi connectivity index (χ2n) is 10.1. The molecule has 2 aliphatic heterocycles. The molecule has 2 atom stereocenters. The molecule has 5 aromatic rings. The SMILES string of the molecule is [2H]c1cccc2c3cccc([2H])c3n(-c3ccc4c(c3)OC3C(c5cc(C)cc(C)c5C)=[N+](C)C=CC43)c12. The van der Waals surface area contributed by atoms with Gasteiger partial charge in [-0.15, -0.1) is 0 Å². The molecular formula is C33H29N2O+. The van der Waals surface area contributed by atoms with Crippen LogP contribution in [0.15, 0.2) is 91.1 Å². The third-order valence-electron chi connectivity index (χ3n) is 7.85. The van der Waals surface area contributed by atoms with E-state index >= 15 is 0 Å². The van der Waals surface area contributed by atoms with Crippen LogP contribution in [0.1, 0.15) is 36.5 Å². The highest BCUT2D eigenvalue weighted by Crippen LogP contribution is 2.44. The van der Waals surface area contributed by atoms with Gasteiger partial charge in [0.15, 0.2) is 12.3 Å². The highest BCUT2D eigenvalue weighted by atomic mass is 16.5. The van der Waals surface area contributed by atoms with Crippen molar-refractivity contribution in [3.8, 4) is 11.4 Å². The normalized spacial score (nSPS) is 19.3. The van der Waals surface area contributed by atoms with Gasteiger partial charge in [0.05, 0.1) is 19.7 Å². The molecule has 0 N–H and O–H groups in total. The summed E-state index contributed by atoms with van der Waals surface area (Å²) >= 11 is 0. The van der Waals surface area contributed by atoms with Crippen molar-refractivity contribution in [2.24, 2.45) is 0 Å². The number of ether oxygens (including phenoxy) is 1. The summed E-state index contributed by atoms with van der Waals surface area (Å²) in [5.41, 5.74) is 9.93. The Morgan fingerprint density at radius 2 is 1.61 bits per heavy atom. The highest BCUT2D eigenvalue weighted by Gasteiger charge is 2.44. The Morgan fingerprint density at radius 1 is 0.889 bits per heavy atom. The molecule has 0 saturated heterocycles. The molecule has 176 valence electrons. The number of fused-ring (bicyclic) bond motifs is 6. The van der Waals surface area contributed by atoms with Gasteiger partial charge in [-0.25, -0.2) is 4.58 Å². The van der Waals surface area contributed by atoms with E-state index < -0.39 is 0 Å². The number of para-hydroxylation sites is 2. The summed E-state index contributed by atoms with van der Waals surface area (Å²) in [6.45, 7) is 6.51. The molecule has 0 aliphatic carbocycles. The van der Waals surface area contributed by atoms with Crippen LogP contribution >= 0.6 is 0 Å². The van der Waals surface area contributed by atoms with Crippen molar-refractivity contribution in [1.29, 1.82) is 0 Å². The number of benzene rings is 4. The van der Waals surface area contributed by atoms with Gasteiger partial charge < -0.3 is 9.30 Å². The lowest BCUT2D eigenvalue weighted by Gasteiger charge is -2.21. The molecule has 1 aromatic heterocycles. The van der Waals surface area contributed by atoms with Gasteiger partial charge in [0.1, 0.15) is 12.8 Å². The second-order valence-corrected chi connectivity index (χ2v) is 10.1. The first-order valence-corrected chi connectivity index (χ1v) is 12.5. The Bertz CT molecular complexity index is 1820. The van der Waals surface area contributed by atoms with Crippen molar-refractivity contribution in [2.75, 3.05) is 7.05 Å². The molecule has 4 aromatic carbocycles. The molecule has 7 rings (SSSR count). The van der Waals surface area contributed by atoms with Crippen LogP contribution in [-0.4, -0.2) is 28.0 Å². The Hall–Kier alpha value is -4.11. The number of nitrogens with zero attached hydrogens (tertiary/aromatic N) is 2. The van der Waals surface area contributed by atoms with Crippen molar-refractivity contribution < 1.29 is 12.1 Å². The van der Waals surface area contributed by atoms with Crippen LogP contribution in [0.3, 0.4) is 0 Å². The smallest absolute Gasteiger partial charge is 0.230 e. The summed E-state index contributed by atoms with van der Waals surface area (Å²) < 4.78 is 28.4. The van der Waals surface area contributed by atoms with Gasteiger partial charge in [0.25, 0.3) is 0 Å². The van der Waals surface area contributed by atoms with Crippen molar-refractivity contribution in [3.63, 3.8) is 0 Å². The summed E-state index contributed by atoms with van der Waals surface area (Å²) in [5.74, 6) is 0.985. The van der Waals surface area contributed by atoms with Gasteiger partial charge in [-0.3, -0.25) is 0 Å². The van der Waals surface area contributed by atoms with Crippen molar-refractivity contribution in [3.05, 3.63) is 119 Å². The fourth-order valence-electron chi connectivity index (χ4n) is 6.03. The number of aromatic nitrogens is 1. The topological polar surface area (TPSA) is 17.2 Å². The molecule has 3 heterocycles. The fraction of sp³-hybridized carbons (Fsp3) is 0.182. The van der Waals surface area contributed by atoms with Crippen LogP contribution in [0.4, 0.5) is 0 Å². The van der Waals surface area contributed by atoms with E-state index in [1.165, 1.54) is 33.5 Å². The zero-order chi connectivity index (χ0) is 26.3. The summed E-state index contributed by atoms with van der Waals surface area (Å²) in [6, 6.07) is 23.3. The standard InChI is InChI=1S/C33H29N2O/c1-20-17-21(2)22(3)28(18-20)32-33-27(15-16-34(32)4)26-14-13-23(19-31(26)36-33)35-29-11-7-5-9-24(29)25-10-6-8-12-30(25)35/h5-19,27,33H,1-4H3/q+1/i11D,12D. The van der Waals surface area contributed by atoms with Gasteiger partial charge in [0, 0.05) is 33.7 Å². The Balaban J connectivity index is 1.40. The van der Waals surface area contributed by atoms with E-state index in [0.29, 0.717) is 12.1 Å². The summed E-state index contributed by atoms with van der Waals surface area (Å²) in [4.78, 5) is 0. The summed E-state index contributed by atoms with van der Waals surface area (Å²) in [7, 11) is 2.10. The molecule has 0 bridgehead atoms. The van der Waals surface area contributed by atoms with Gasteiger partial charge in [0.2, 0.25) is 5.71 Å². The maximum Gasteiger partial charge on any atom is 0.230 e. The first kappa shape index (κ1) is 19.1. The molecule has 0 spiro atoms. The molecule has 3 heteroatoms. The Morgan fingerprint density at radius 3 is 2.33 bits per heavy atom. The first-order valence-electron chi connectivity index (χ1n) is 13.5. The van der Waals surface area contributed by atoms with Crippen molar-refractivity contribution in [1.82, 2.24) is 4.57 Å². The average molecular weight is 472 g/mol. The predicted molar refractivity (Wildman–Crippen MR) is 148 cm³/mol. The van der Waals surface area contributed by atoms with Gasteiger partial charge in [-0.2, -0.15) is 0 Å². The largest absolute Gasteiger partial charge is 0.478 e. The molecule has 0 fully saturated rings. The van der Waals surface area contributed by atoms with Crippen LogP contribution < -0.4 is 4.74 Å². The zero-order valence-corrected chi connectivity index (χ0v) is 21.0. The molecular weight excluding hydrogens is 440 g/mol. The van der Waals surface area contributed by atoms with E-state index in [9.17, 15) is 0 Å². The average Bonchev–Trinajstić information content (AvgIpc) is 3.43. The quantitative estimate of drug-likeness (QED) is 0.249.